The van der Waals surface area contributed by atoms with Crippen molar-refractivity contribution in [3.05, 3.63) is 70.3 Å². The fraction of sp³-hybridized carbons (Fsp3) is 0.417. The molecule has 0 aliphatic carbocycles. The minimum Gasteiger partial charge on any atom is -0.366 e. The van der Waals surface area contributed by atoms with Crippen LogP contribution in [-0.4, -0.2) is 53.9 Å². The van der Waals surface area contributed by atoms with Crippen LogP contribution >= 0.6 is 0 Å². The molecule has 0 radical (unpaired) electrons. The summed E-state index contributed by atoms with van der Waals surface area (Å²) in [5, 5.41) is 14.4. The van der Waals surface area contributed by atoms with Crippen molar-refractivity contribution in [2.75, 3.05) is 31.1 Å². The summed E-state index contributed by atoms with van der Waals surface area (Å²) >= 11 is 0. The number of anilines is 1. The van der Waals surface area contributed by atoms with E-state index in [2.05, 4.69) is 5.32 Å². The second kappa shape index (κ2) is 9.80. The van der Waals surface area contributed by atoms with Gasteiger partial charge in [0.2, 0.25) is 5.91 Å². The maximum atomic E-state index is 13.0. The van der Waals surface area contributed by atoms with Crippen LogP contribution in [0.25, 0.3) is 0 Å². The van der Waals surface area contributed by atoms with Crippen LogP contribution in [0.5, 0.6) is 0 Å². The lowest BCUT2D eigenvalue weighted by atomic mass is 9.93. The summed E-state index contributed by atoms with van der Waals surface area (Å²) < 4.78 is 0. The van der Waals surface area contributed by atoms with Gasteiger partial charge in [0.15, 0.2) is 0 Å². The summed E-state index contributed by atoms with van der Waals surface area (Å²) in [4.78, 5) is 40.3. The molecular formula is C24H28N4O4. The molecule has 2 amide bonds. The zero-order valence-electron chi connectivity index (χ0n) is 18.0. The van der Waals surface area contributed by atoms with E-state index >= 15 is 0 Å². The minimum absolute atomic E-state index is 0.0514. The van der Waals surface area contributed by atoms with Crippen LogP contribution < -0.4 is 10.2 Å². The molecule has 2 saturated heterocycles. The maximum absolute atomic E-state index is 13.0. The Bertz CT molecular complexity index is 965. The number of rotatable bonds is 5. The number of nitrogens with one attached hydrogen (secondary N) is 1. The van der Waals surface area contributed by atoms with Crippen LogP contribution in [-0.2, 0) is 4.79 Å². The number of piperidine rings is 2. The molecule has 0 spiro atoms. The Balaban J connectivity index is 1.26. The van der Waals surface area contributed by atoms with Crippen molar-refractivity contribution in [3.63, 3.8) is 0 Å². The number of para-hydroxylation sites is 2. The zero-order chi connectivity index (χ0) is 22.5. The molecule has 2 fully saturated rings. The first-order valence-electron chi connectivity index (χ1n) is 11.2. The summed E-state index contributed by atoms with van der Waals surface area (Å²) in [6.45, 7) is 2.54. The fourth-order valence-corrected chi connectivity index (χ4v) is 4.61. The van der Waals surface area contributed by atoms with Crippen LogP contribution in [0.1, 0.15) is 36.0 Å². The smallest absolute Gasteiger partial charge is 0.292 e. The van der Waals surface area contributed by atoms with E-state index in [-0.39, 0.29) is 34.4 Å². The average molecular weight is 437 g/mol. The summed E-state index contributed by atoms with van der Waals surface area (Å²) in [6.07, 6.45) is 2.88. The Kier molecular flexibility index (Phi) is 6.68. The number of amides is 2. The van der Waals surface area contributed by atoms with Gasteiger partial charge >= 0.3 is 0 Å². The van der Waals surface area contributed by atoms with E-state index in [1.165, 1.54) is 6.07 Å². The lowest BCUT2D eigenvalue weighted by Gasteiger charge is -2.38. The summed E-state index contributed by atoms with van der Waals surface area (Å²) in [5.74, 6) is 0.0438. The van der Waals surface area contributed by atoms with Crippen LogP contribution in [0.2, 0.25) is 0 Å². The van der Waals surface area contributed by atoms with E-state index in [1.54, 1.807) is 30.3 Å². The highest BCUT2D eigenvalue weighted by Crippen LogP contribution is 2.32. The lowest BCUT2D eigenvalue weighted by Crippen LogP contribution is -2.49. The first-order chi connectivity index (χ1) is 15.5. The van der Waals surface area contributed by atoms with Crippen LogP contribution in [0, 0.1) is 16.0 Å². The molecule has 0 saturated carbocycles. The molecule has 32 heavy (non-hydrogen) atoms. The molecule has 4 rings (SSSR count). The van der Waals surface area contributed by atoms with Crippen LogP contribution in [0.15, 0.2) is 54.6 Å². The quantitative estimate of drug-likeness (QED) is 0.573. The molecule has 0 bridgehead atoms. The molecule has 1 N–H and O–H groups in total. The number of carbonyl (C=O) groups excluding carboxylic acids is 2. The van der Waals surface area contributed by atoms with Gasteiger partial charge in [-0.2, -0.15) is 0 Å². The topological polar surface area (TPSA) is 95.8 Å². The van der Waals surface area contributed by atoms with E-state index in [9.17, 15) is 19.7 Å². The third kappa shape index (κ3) is 4.90. The standard InChI is InChI=1S/C24H28N4O4/c29-23(18-6-2-1-3-7-18)25-20-12-16-27(17-13-20)24(30)19-10-14-26(15-11-19)21-8-4-5-9-22(21)28(31)32/h1-9,19-20H,10-17H2,(H,25,29). The van der Waals surface area contributed by atoms with Gasteiger partial charge in [0, 0.05) is 49.8 Å². The van der Waals surface area contributed by atoms with Gasteiger partial charge in [-0.05, 0) is 43.9 Å². The van der Waals surface area contributed by atoms with E-state index in [0.717, 1.165) is 12.8 Å². The van der Waals surface area contributed by atoms with Crippen molar-refractivity contribution in [1.29, 1.82) is 0 Å². The third-order valence-corrected chi connectivity index (χ3v) is 6.44. The third-order valence-electron chi connectivity index (χ3n) is 6.44. The number of hydrogen-bond donors (Lipinski definition) is 1. The molecule has 0 aromatic heterocycles. The van der Waals surface area contributed by atoms with E-state index < -0.39 is 0 Å². The van der Waals surface area contributed by atoms with Gasteiger partial charge in [-0.1, -0.05) is 30.3 Å². The zero-order valence-corrected chi connectivity index (χ0v) is 18.0. The molecule has 2 heterocycles. The molecular weight excluding hydrogens is 408 g/mol. The predicted octanol–water partition coefficient (Wildman–Crippen LogP) is 3.23. The van der Waals surface area contributed by atoms with E-state index in [1.807, 2.05) is 28.0 Å². The number of benzene rings is 2. The number of nitro benzene ring substituents is 1. The molecule has 2 aliphatic heterocycles. The Morgan fingerprint density at radius 3 is 2.16 bits per heavy atom. The van der Waals surface area contributed by atoms with Gasteiger partial charge in [0.1, 0.15) is 5.69 Å². The van der Waals surface area contributed by atoms with Crippen molar-refractivity contribution in [1.82, 2.24) is 10.2 Å². The van der Waals surface area contributed by atoms with Crippen molar-refractivity contribution in [2.24, 2.45) is 5.92 Å². The average Bonchev–Trinajstić information content (AvgIpc) is 2.84. The van der Waals surface area contributed by atoms with Crippen molar-refractivity contribution in [3.8, 4) is 0 Å². The lowest BCUT2D eigenvalue weighted by molar-refractivity contribution is -0.384. The Morgan fingerprint density at radius 1 is 0.875 bits per heavy atom. The predicted molar refractivity (Wildman–Crippen MR) is 122 cm³/mol. The Labute approximate surface area is 187 Å². The maximum Gasteiger partial charge on any atom is 0.292 e. The highest BCUT2D eigenvalue weighted by Gasteiger charge is 2.32. The summed E-state index contributed by atoms with van der Waals surface area (Å²) in [6, 6.07) is 16.0. The van der Waals surface area contributed by atoms with Gasteiger partial charge in [-0.15, -0.1) is 0 Å². The summed E-state index contributed by atoms with van der Waals surface area (Å²) in [5.41, 5.74) is 1.38. The first-order valence-corrected chi connectivity index (χ1v) is 11.2. The highest BCUT2D eigenvalue weighted by atomic mass is 16.6. The van der Waals surface area contributed by atoms with Gasteiger partial charge in [-0.3, -0.25) is 19.7 Å². The molecule has 0 atom stereocenters. The van der Waals surface area contributed by atoms with Crippen LogP contribution in [0.4, 0.5) is 11.4 Å². The summed E-state index contributed by atoms with van der Waals surface area (Å²) in [7, 11) is 0. The Morgan fingerprint density at radius 2 is 1.50 bits per heavy atom. The van der Waals surface area contributed by atoms with Gasteiger partial charge < -0.3 is 15.1 Å². The molecule has 2 aromatic rings. The molecule has 168 valence electrons. The Hall–Kier alpha value is -3.42. The molecule has 8 heteroatoms. The molecule has 2 aliphatic rings. The van der Waals surface area contributed by atoms with Gasteiger partial charge in [0.05, 0.1) is 4.92 Å². The first kappa shape index (κ1) is 21.8. The number of hydrogen-bond acceptors (Lipinski definition) is 5. The second-order valence-corrected chi connectivity index (χ2v) is 8.45. The number of nitro groups is 1. The number of nitrogens with zero attached hydrogens (tertiary/aromatic N) is 3. The minimum atomic E-state index is -0.354. The van der Waals surface area contributed by atoms with Gasteiger partial charge in [0.25, 0.3) is 11.6 Å². The van der Waals surface area contributed by atoms with Crippen molar-refractivity contribution >= 4 is 23.2 Å². The van der Waals surface area contributed by atoms with Crippen molar-refractivity contribution < 1.29 is 14.5 Å². The normalized spacial score (nSPS) is 17.8. The SMILES string of the molecule is O=C(NC1CCN(C(=O)C2CCN(c3ccccc3[N+](=O)[O-])CC2)CC1)c1ccccc1. The monoisotopic (exact) mass is 436 g/mol. The molecule has 8 nitrogen and oxygen atoms in total. The van der Waals surface area contributed by atoms with E-state index in [4.69, 9.17) is 0 Å². The molecule has 2 aromatic carbocycles. The number of likely N-dealkylation sites (tertiary alicyclic amines) is 1. The van der Waals surface area contributed by atoms with Crippen LogP contribution in [0.3, 0.4) is 0 Å². The largest absolute Gasteiger partial charge is 0.366 e. The van der Waals surface area contributed by atoms with Gasteiger partial charge in [-0.25, -0.2) is 0 Å². The second-order valence-electron chi connectivity index (χ2n) is 8.45. The van der Waals surface area contributed by atoms with E-state index in [0.29, 0.717) is 50.3 Å². The fourth-order valence-electron chi connectivity index (χ4n) is 4.61. The van der Waals surface area contributed by atoms with Crippen molar-refractivity contribution in [2.45, 2.75) is 31.7 Å². The highest BCUT2D eigenvalue weighted by molar-refractivity contribution is 5.94. The molecule has 0 unspecified atom stereocenters. The number of carbonyl (C=O) groups is 2.